The molecule has 1 aromatic rings. The van der Waals surface area contributed by atoms with Crippen molar-refractivity contribution in [1.82, 2.24) is 15.5 Å². The number of aromatic amines is 1. The van der Waals surface area contributed by atoms with Gasteiger partial charge in [0.25, 0.3) is 0 Å². The molecule has 78 valence electrons. The lowest BCUT2D eigenvalue weighted by molar-refractivity contribution is -0.120. The van der Waals surface area contributed by atoms with Gasteiger partial charge in [-0.05, 0) is 18.4 Å². The molecule has 1 heterocycles. The summed E-state index contributed by atoms with van der Waals surface area (Å²) in [6, 6.07) is 0. The van der Waals surface area contributed by atoms with Gasteiger partial charge in [-0.15, -0.1) is 0 Å². The number of H-pyrrole nitrogens is 1. The molecule has 4 N–H and O–H groups in total. The number of rotatable bonds is 6. The standard InChI is InChI=1S/C9H16N4O/c10-4-3-9(14)11-5-1-2-8-6-12-13-7-8/h6-7H,1-5,10H2,(H,11,14)(H,12,13). The summed E-state index contributed by atoms with van der Waals surface area (Å²) in [4.78, 5) is 11.0. The third-order valence-electron chi connectivity index (χ3n) is 1.89. The number of carbonyl (C=O) groups excluding carboxylic acids is 1. The Morgan fingerprint density at radius 2 is 2.50 bits per heavy atom. The first-order chi connectivity index (χ1) is 6.83. The van der Waals surface area contributed by atoms with Crippen LogP contribution in [0.3, 0.4) is 0 Å². The molecule has 0 saturated carbocycles. The number of amides is 1. The first-order valence-electron chi connectivity index (χ1n) is 4.77. The largest absolute Gasteiger partial charge is 0.356 e. The van der Waals surface area contributed by atoms with Crippen molar-refractivity contribution < 1.29 is 4.79 Å². The van der Waals surface area contributed by atoms with Gasteiger partial charge in [0.2, 0.25) is 5.91 Å². The Bertz CT molecular complexity index is 258. The van der Waals surface area contributed by atoms with E-state index in [1.165, 1.54) is 0 Å². The Balaban J connectivity index is 2.02. The summed E-state index contributed by atoms with van der Waals surface area (Å²) in [6.07, 6.45) is 5.92. The van der Waals surface area contributed by atoms with Crippen LogP contribution in [0.5, 0.6) is 0 Å². The van der Waals surface area contributed by atoms with E-state index in [0.717, 1.165) is 18.4 Å². The minimum atomic E-state index is 0.0275. The molecule has 0 saturated heterocycles. The van der Waals surface area contributed by atoms with Gasteiger partial charge in [-0.25, -0.2) is 0 Å². The van der Waals surface area contributed by atoms with Crippen LogP contribution in [0.15, 0.2) is 12.4 Å². The Labute approximate surface area is 83.1 Å². The van der Waals surface area contributed by atoms with Gasteiger partial charge in [0, 0.05) is 25.7 Å². The number of nitrogens with one attached hydrogen (secondary N) is 2. The summed E-state index contributed by atoms with van der Waals surface area (Å²) in [5.74, 6) is 0.0275. The molecule has 0 atom stereocenters. The fourth-order valence-corrected chi connectivity index (χ4v) is 1.15. The van der Waals surface area contributed by atoms with E-state index < -0.39 is 0 Å². The molecule has 5 nitrogen and oxygen atoms in total. The smallest absolute Gasteiger partial charge is 0.221 e. The molecule has 0 aliphatic heterocycles. The van der Waals surface area contributed by atoms with E-state index in [1.807, 2.05) is 6.20 Å². The lowest BCUT2D eigenvalue weighted by Crippen LogP contribution is -2.26. The van der Waals surface area contributed by atoms with E-state index >= 15 is 0 Å². The number of aryl methyl sites for hydroxylation is 1. The zero-order valence-corrected chi connectivity index (χ0v) is 8.12. The molecule has 1 amide bonds. The van der Waals surface area contributed by atoms with Crippen molar-refractivity contribution in [3.8, 4) is 0 Å². The lowest BCUT2D eigenvalue weighted by atomic mass is 10.2. The quantitative estimate of drug-likeness (QED) is 0.551. The Hall–Kier alpha value is -1.36. The Kier molecular flexibility index (Phi) is 4.71. The highest BCUT2D eigenvalue weighted by molar-refractivity contribution is 5.75. The highest BCUT2D eigenvalue weighted by Crippen LogP contribution is 1.97. The Morgan fingerprint density at radius 3 is 3.14 bits per heavy atom. The zero-order chi connectivity index (χ0) is 10.2. The SMILES string of the molecule is NCCC(=O)NCCCc1cn[nH]c1. The van der Waals surface area contributed by atoms with E-state index in [0.29, 0.717) is 19.5 Å². The maximum absolute atomic E-state index is 11.0. The molecule has 0 radical (unpaired) electrons. The van der Waals surface area contributed by atoms with Gasteiger partial charge in [0.15, 0.2) is 0 Å². The van der Waals surface area contributed by atoms with Crippen molar-refractivity contribution in [1.29, 1.82) is 0 Å². The van der Waals surface area contributed by atoms with Crippen LogP contribution < -0.4 is 11.1 Å². The van der Waals surface area contributed by atoms with Crippen LogP contribution in [0.25, 0.3) is 0 Å². The highest BCUT2D eigenvalue weighted by atomic mass is 16.1. The van der Waals surface area contributed by atoms with Crippen LogP contribution >= 0.6 is 0 Å². The molecular formula is C9H16N4O. The van der Waals surface area contributed by atoms with Crippen LogP contribution in [-0.4, -0.2) is 29.2 Å². The van der Waals surface area contributed by atoms with Crippen LogP contribution in [0.2, 0.25) is 0 Å². The minimum Gasteiger partial charge on any atom is -0.356 e. The lowest BCUT2D eigenvalue weighted by Gasteiger charge is -2.02. The van der Waals surface area contributed by atoms with Gasteiger partial charge in [-0.2, -0.15) is 5.10 Å². The number of aromatic nitrogens is 2. The van der Waals surface area contributed by atoms with E-state index in [1.54, 1.807) is 6.20 Å². The normalized spacial score (nSPS) is 10.1. The molecule has 0 aliphatic carbocycles. The minimum absolute atomic E-state index is 0.0275. The molecule has 0 bridgehead atoms. The fraction of sp³-hybridized carbons (Fsp3) is 0.556. The van der Waals surface area contributed by atoms with Crippen LogP contribution in [0.4, 0.5) is 0 Å². The summed E-state index contributed by atoms with van der Waals surface area (Å²) >= 11 is 0. The second-order valence-electron chi connectivity index (χ2n) is 3.10. The average molecular weight is 196 g/mol. The molecule has 14 heavy (non-hydrogen) atoms. The molecule has 1 aromatic heterocycles. The fourth-order valence-electron chi connectivity index (χ4n) is 1.15. The van der Waals surface area contributed by atoms with Crippen LogP contribution in [0, 0.1) is 0 Å². The first-order valence-corrected chi connectivity index (χ1v) is 4.77. The summed E-state index contributed by atoms with van der Waals surface area (Å²) in [5, 5.41) is 9.38. The zero-order valence-electron chi connectivity index (χ0n) is 8.12. The highest BCUT2D eigenvalue weighted by Gasteiger charge is 1.98. The maximum atomic E-state index is 11.0. The van der Waals surface area contributed by atoms with Gasteiger partial charge in [-0.3, -0.25) is 9.89 Å². The summed E-state index contributed by atoms with van der Waals surface area (Å²) < 4.78 is 0. The third kappa shape index (κ3) is 4.04. The van der Waals surface area contributed by atoms with Crippen LogP contribution in [0.1, 0.15) is 18.4 Å². The molecular weight excluding hydrogens is 180 g/mol. The molecule has 0 fully saturated rings. The van der Waals surface area contributed by atoms with Crippen molar-refractivity contribution in [2.24, 2.45) is 5.73 Å². The average Bonchev–Trinajstić information content (AvgIpc) is 2.65. The van der Waals surface area contributed by atoms with Gasteiger partial charge < -0.3 is 11.1 Å². The Morgan fingerprint density at radius 1 is 1.64 bits per heavy atom. The van der Waals surface area contributed by atoms with E-state index in [2.05, 4.69) is 15.5 Å². The van der Waals surface area contributed by atoms with Gasteiger partial charge >= 0.3 is 0 Å². The van der Waals surface area contributed by atoms with Crippen molar-refractivity contribution in [2.75, 3.05) is 13.1 Å². The monoisotopic (exact) mass is 196 g/mol. The van der Waals surface area contributed by atoms with Crippen LogP contribution in [-0.2, 0) is 11.2 Å². The summed E-state index contributed by atoms with van der Waals surface area (Å²) in [7, 11) is 0. The predicted octanol–water partition coefficient (Wildman–Crippen LogP) is -0.193. The number of hydrogen-bond donors (Lipinski definition) is 3. The number of nitrogens with two attached hydrogens (primary N) is 1. The summed E-state index contributed by atoms with van der Waals surface area (Å²) in [5.41, 5.74) is 6.40. The maximum Gasteiger partial charge on any atom is 0.221 e. The molecule has 0 unspecified atom stereocenters. The number of nitrogens with zero attached hydrogens (tertiary/aromatic N) is 1. The molecule has 0 aliphatic rings. The summed E-state index contributed by atoms with van der Waals surface area (Å²) in [6.45, 7) is 1.11. The predicted molar refractivity (Wildman–Crippen MR) is 53.6 cm³/mol. The second-order valence-corrected chi connectivity index (χ2v) is 3.10. The number of carbonyl (C=O) groups is 1. The van der Waals surface area contributed by atoms with E-state index in [9.17, 15) is 4.79 Å². The van der Waals surface area contributed by atoms with E-state index in [-0.39, 0.29) is 5.91 Å². The molecule has 1 rings (SSSR count). The van der Waals surface area contributed by atoms with Gasteiger partial charge in [0.05, 0.1) is 6.20 Å². The van der Waals surface area contributed by atoms with Gasteiger partial charge in [-0.1, -0.05) is 0 Å². The number of hydrogen-bond acceptors (Lipinski definition) is 3. The van der Waals surface area contributed by atoms with Crippen molar-refractivity contribution >= 4 is 5.91 Å². The van der Waals surface area contributed by atoms with Crippen molar-refractivity contribution in [3.63, 3.8) is 0 Å². The van der Waals surface area contributed by atoms with E-state index in [4.69, 9.17) is 5.73 Å². The van der Waals surface area contributed by atoms with Crippen molar-refractivity contribution in [2.45, 2.75) is 19.3 Å². The topological polar surface area (TPSA) is 83.8 Å². The van der Waals surface area contributed by atoms with Crippen molar-refractivity contribution in [3.05, 3.63) is 18.0 Å². The molecule has 0 aromatic carbocycles. The second kappa shape index (κ2) is 6.15. The molecule has 0 spiro atoms. The first kappa shape index (κ1) is 10.7. The van der Waals surface area contributed by atoms with Gasteiger partial charge in [0.1, 0.15) is 0 Å². The third-order valence-corrected chi connectivity index (χ3v) is 1.89. The molecule has 5 heteroatoms.